The minimum absolute atomic E-state index is 0. The summed E-state index contributed by atoms with van der Waals surface area (Å²) in [4.78, 5) is 2.46. The molecule has 30 heavy (non-hydrogen) atoms. The lowest BCUT2D eigenvalue weighted by molar-refractivity contribution is -0.0651. The number of nitrogens with two attached hydrogens (primary N) is 1. The van der Waals surface area contributed by atoms with Gasteiger partial charge in [0.05, 0.1) is 12.2 Å². The van der Waals surface area contributed by atoms with Crippen molar-refractivity contribution < 1.29 is 14.9 Å². The van der Waals surface area contributed by atoms with E-state index in [4.69, 9.17) is 10.5 Å². The summed E-state index contributed by atoms with van der Waals surface area (Å²) in [6.45, 7) is 5.36. The molecule has 0 saturated carbocycles. The molecule has 1 saturated heterocycles. The Bertz CT molecular complexity index is 824. The summed E-state index contributed by atoms with van der Waals surface area (Å²) in [6, 6.07) is 11.5. The maximum Gasteiger partial charge on any atom is 0.122 e. The van der Waals surface area contributed by atoms with E-state index in [-0.39, 0.29) is 37.0 Å². The average Bonchev–Trinajstić information content (AvgIpc) is 2.72. The summed E-state index contributed by atoms with van der Waals surface area (Å²) in [5, 5.41) is 20.0. The Morgan fingerprint density at radius 1 is 1.03 bits per heavy atom. The quantitative estimate of drug-likeness (QED) is 0.647. The van der Waals surface area contributed by atoms with Crippen molar-refractivity contribution in [3.8, 4) is 11.5 Å². The molecule has 2 aromatic rings. The summed E-state index contributed by atoms with van der Waals surface area (Å²) in [5.74, 6) is 1.21. The highest BCUT2D eigenvalue weighted by molar-refractivity contribution is 5.85. The average molecular weight is 455 g/mol. The highest BCUT2D eigenvalue weighted by Crippen LogP contribution is 2.40. The molecule has 2 aromatic carbocycles. The summed E-state index contributed by atoms with van der Waals surface area (Å²) < 4.78 is 6.38. The number of piperidine rings is 1. The fourth-order valence-corrected chi connectivity index (χ4v) is 4.62. The summed E-state index contributed by atoms with van der Waals surface area (Å²) in [7, 11) is 0. The van der Waals surface area contributed by atoms with Gasteiger partial charge in [0.15, 0.2) is 0 Å². The maximum atomic E-state index is 10.6. The van der Waals surface area contributed by atoms with Crippen LogP contribution in [0.25, 0.3) is 0 Å². The molecule has 166 valence electrons. The number of aromatic hydroxyl groups is 2. The Balaban J connectivity index is 0.00000160. The number of hydrogen-bond acceptors (Lipinski definition) is 5. The second-order valence-electron chi connectivity index (χ2n) is 8.18. The standard InChI is InChI=1S/C23H30N2O3.2ClH/c1-15-2-7-19-20(23(15)27)12-21(28-22(19)13-24)17-8-10-25(11-9-17)14-16-3-5-18(26)6-4-16;;/h2-7,17,21-22,26-27H,8-14,24H2,1H3;2*1H/t21-,22-;;/m0../s1. The Kier molecular flexibility index (Phi) is 8.83. The summed E-state index contributed by atoms with van der Waals surface area (Å²) >= 11 is 0. The van der Waals surface area contributed by atoms with Gasteiger partial charge < -0.3 is 20.7 Å². The van der Waals surface area contributed by atoms with E-state index >= 15 is 0 Å². The zero-order valence-electron chi connectivity index (χ0n) is 17.3. The molecule has 5 nitrogen and oxygen atoms in total. The number of aryl methyl sites for hydroxylation is 1. The van der Waals surface area contributed by atoms with Crippen molar-refractivity contribution >= 4 is 24.8 Å². The van der Waals surface area contributed by atoms with E-state index in [0.717, 1.165) is 55.6 Å². The molecule has 2 aliphatic rings. The van der Waals surface area contributed by atoms with Crippen LogP contribution in [0.1, 0.15) is 41.2 Å². The van der Waals surface area contributed by atoms with Crippen LogP contribution in [0.4, 0.5) is 0 Å². The van der Waals surface area contributed by atoms with Crippen LogP contribution >= 0.6 is 24.8 Å². The van der Waals surface area contributed by atoms with Crippen molar-refractivity contribution in [2.45, 2.75) is 44.9 Å². The third-order valence-corrected chi connectivity index (χ3v) is 6.33. The first-order valence-corrected chi connectivity index (χ1v) is 10.2. The molecule has 7 heteroatoms. The first kappa shape index (κ1) is 24.8. The summed E-state index contributed by atoms with van der Waals surface area (Å²) in [6.07, 6.45) is 2.92. The van der Waals surface area contributed by atoms with Crippen LogP contribution in [-0.2, 0) is 17.7 Å². The Morgan fingerprint density at radius 2 is 1.70 bits per heavy atom. The fraction of sp³-hybridized carbons (Fsp3) is 0.478. The van der Waals surface area contributed by atoms with E-state index in [1.165, 1.54) is 5.56 Å². The number of nitrogens with zero attached hydrogens (tertiary/aromatic N) is 1. The van der Waals surface area contributed by atoms with Gasteiger partial charge in [-0.1, -0.05) is 24.3 Å². The zero-order valence-corrected chi connectivity index (χ0v) is 18.9. The van der Waals surface area contributed by atoms with Gasteiger partial charge in [0, 0.05) is 25.1 Å². The maximum absolute atomic E-state index is 10.6. The number of ether oxygens (including phenoxy) is 1. The SMILES string of the molecule is Cc1ccc2c(c1O)C[C@@H](C1CCN(Cc3ccc(O)cc3)CC1)O[C@H]2CN.Cl.Cl. The van der Waals surface area contributed by atoms with E-state index in [1.807, 2.05) is 25.1 Å². The van der Waals surface area contributed by atoms with Crippen molar-refractivity contribution in [3.05, 3.63) is 58.7 Å². The van der Waals surface area contributed by atoms with Crippen molar-refractivity contribution in [1.82, 2.24) is 4.90 Å². The molecule has 0 amide bonds. The van der Waals surface area contributed by atoms with Gasteiger partial charge in [-0.15, -0.1) is 24.8 Å². The number of fused-ring (bicyclic) bond motifs is 1. The third-order valence-electron chi connectivity index (χ3n) is 6.33. The molecular formula is C23H32Cl2N2O3. The lowest BCUT2D eigenvalue weighted by Crippen LogP contribution is -2.41. The minimum atomic E-state index is -0.129. The Labute approximate surface area is 191 Å². The Hall–Kier alpha value is -1.50. The predicted molar refractivity (Wildman–Crippen MR) is 124 cm³/mol. The number of phenolic OH excluding ortho intramolecular Hbond substituents is 2. The summed E-state index contributed by atoms with van der Waals surface area (Å²) in [5.41, 5.74) is 10.2. The van der Waals surface area contributed by atoms with E-state index in [9.17, 15) is 10.2 Å². The first-order chi connectivity index (χ1) is 13.5. The molecule has 2 atom stereocenters. The van der Waals surface area contributed by atoms with Crippen molar-refractivity contribution in [3.63, 3.8) is 0 Å². The van der Waals surface area contributed by atoms with Gasteiger partial charge in [-0.05, 0) is 67.6 Å². The van der Waals surface area contributed by atoms with E-state index in [2.05, 4.69) is 11.0 Å². The monoisotopic (exact) mass is 454 g/mol. The molecule has 0 spiro atoms. The molecule has 0 bridgehead atoms. The lowest BCUT2D eigenvalue weighted by atomic mass is 9.83. The molecule has 0 unspecified atom stereocenters. The van der Waals surface area contributed by atoms with Crippen LogP contribution in [0.5, 0.6) is 11.5 Å². The van der Waals surface area contributed by atoms with Gasteiger partial charge in [-0.2, -0.15) is 0 Å². The molecule has 4 N–H and O–H groups in total. The molecule has 0 radical (unpaired) electrons. The zero-order chi connectivity index (χ0) is 19.7. The fourth-order valence-electron chi connectivity index (χ4n) is 4.62. The molecule has 1 fully saturated rings. The largest absolute Gasteiger partial charge is 0.508 e. The number of likely N-dealkylation sites (tertiary alicyclic amines) is 1. The third kappa shape index (κ3) is 5.21. The topological polar surface area (TPSA) is 79.0 Å². The lowest BCUT2D eigenvalue weighted by Gasteiger charge is -2.40. The van der Waals surface area contributed by atoms with Crippen LogP contribution in [0, 0.1) is 12.8 Å². The van der Waals surface area contributed by atoms with Gasteiger partial charge >= 0.3 is 0 Å². The smallest absolute Gasteiger partial charge is 0.122 e. The number of hydrogen-bond donors (Lipinski definition) is 3. The molecule has 0 aliphatic carbocycles. The Morgan fingerprint density at radius 3 is 2.33 bits per heavy atom. The highest BCUT2D eigenvalue weighted by Gasteiger charge is 2.35. The van der Waals surface area contributed by atoms with Gasteiger partial charge in [0.1, 0.15) is 11.5 Å². The van der Waals surface area contributed by atoms with E-state index in [0.29, 0.717) is 24.0 Å². The molecule has 4 rings (SSSR count). The van der Waals surface area contributed by atoms with Gasteiger partial charge in [-0.25, -0.2) is 0 Å². The molecular weight excluding hydrogens is 423 g/mol. The van der Waals surface area contributed by atoms with Gasteiger partial charge in [0.25, 0.3) is 0 Å². The number of rotatable bonds is 4. The van der Waals surface area contributed by atoms with Crippen LogP contribution in [0.15, 0.2) is 36.4 Å². The van der Waals surface area contributed by atoms with E-state index in [1.54, 1.807) is 12.1 Å². The van der Waals surface area contributed by atoms with Crippen molar-refractivity contribution in [1.29, 1.82) is 0 Å². The second kappa shape index (κ2) is 10.7. The van der Waals surface area contributed by atoms with Crippen molar-refractivity contribution in [2.75, 3.05) is 19.6 Å². The predicted octanol–water partition coefficient (Wildman–Crippen LogP) is 4.10. The number of halogens is 2. The number of benzene rings is 2. The number of phenols is 2. The van der Waals surface area contributed by atoms with Gasteiger partial charge in [0.2, 0.25) is 0 Å². The highest BCUT2D eigenvalue weighted by atomic mass is 35.5. The van der Waals surface area contributed by atoms with Crippen LogP contribution in [0.2, 0.25) is 0 Å². The van der Waals surface area contributed by atoms with Crippen LogP contribution < -0.4 is 5.73 Å². The molecule has 2 heterocycles. The minimum Gasteiger partial charge on any atom is -0.508 e. The second-order valence-corrected chi connectivity index (χ2v) is 8.18. The van der Waals surface area contributed by atoms with Crippen molar-refractivity contribution in [2.24, 2.45) is 11.7 Å². The normalized spacial score (nSPS) is 21.9. The van der Waals surface area contributed by atoms with Gasteiger partial charge in [-0.3, -0.25) is 4.90 Å². The van der Waals surface area contributed by atoms with Crippen LogP contribution in [0.3, 0.4) is 0 Å². The molecule has 2 aliphatic heterocycles. The van der Waals surface area contributed by atoms with E-state index < -0.39 is 0 Å². The molecule has 0 aromatic heterocycles. The first-order valence-electron chi connectivity index (χ1n) is 10.2. The van der Waals surface area contributed by atoms with Crippen LogP contribution in [-0.4, -0.2) is 40.9 Å².